The Morgan fingerprint density at radius 3 is 2.86 bits per heavy atom. The van der Waals surface area contributed by atoms with Gasteiger partial charge in [0.25, 0.3) is 0 Å². The SMILES string of the molecule is CC(O)CCSc1ncc(CO)n1C. The number of thioether (sulfide) groups is 1. The fraction of sp³-hybridized carbons (Fsp3) is 0.667. The van der Waals surface area contributed by atoms with Gasteiger partial charge in [-0.2, -0.15) is 0 Å². The third kappa shape index (κ3) is 3.01. The first-order valence-electron chi connectivity index (χ1n) is 4.57. The number of rotatable bonds is 5. The normalized spacial score (nSPS) is 13.1. The van der Waals surface area contributed by atoms with Gasteiger partial charge in [0.2, 0.25) is 0 Å². The minimum Gasteiger partial charge on any atom is -0.393 e. The molecule has 14 heavy (non-hydrogen) atoms. The predicted octanol–water partition coefficient (Wildman–Crippen LogP) is 0.775. The van der Waals surface area contributed by atoms with Crippen LogP contribution >= 0.6 is 11.8 Å². The highest BCUT2D eigenvalue weighted by Gasteiger charge is 2.06. The van der Waals surface area contributed by atoms with Crippen molar-refractivity contribution in [1.82, 2.24) is 9.55 Å². The van der Waals surface area contributed by atoms with Gasteiger partial charge < -0.3 is 14.8 Å². The third-order valence-electron chi connectivity index (χ3n) is 1.97. The van der Waals surface area contributed by atoms with E-state index < -0.39 is 0 Å². The van der Waals surface area contributed by atoms with Crippen molar-refractivity contribution in [2.45, 2.75) is 31.2 Å². The summed E-state index contributed by atoms with van der Waals surface area (Å²) in [5, 5.41) is 18.9. The molecule has 1 heterocycles. The molecule has 2 N–H and O–H groups in total. The summed E-state index contributed by atoms with van der Waals surface area (Å²) in [6, 6.07) is 0. The van der Waals surface area contributed by atoms with Crippen LogP contribution in [0, 0.1) is 0 Å². The van der Waals surface area contributed by atoms with Gasteiger partial charge >= 0.3 is 0 Å². The molecule has 1 aromatic rings. The maximum atomic E-state index is 9.07. The number of imidazole rings is 1. The summed E-state index contributed by atoms with van der Waals surface area (Å²) in [6.07, 6.45) is 2.16. The molecule has 1 aromatic heterocycles. The fourth-order valence-corrected chi connectivity index (χ4v) is 2.11. The van der Waals surface area contributed by atoms with Crippen LogP contribution in [0.15, 0.2) is 11.4 Å². The van der Waals surface area contributed by atoms with Crippen molar-refractivity contribution in [2.75, 3.05) is 5.75 Å². The van der Waals surface area contributed by atoms with Crippen molar-refractivity contribution in [3.8, 4) is 0 Å². The number of hydrogen-bond acceptors (Lipinski definition) is 4. The number of aliphatic hydroxyl groups excluding tert-OH is 2. The van der Waals surface area contributed by atoms with Crippen molar-refractivity contribution in [2.24, 2.45) is 7.05 Å². The van der Waals surface area contributed by atoms with Crippen LogP contribution in [0.25, 0.3) is 0 Å². The third-order valence-corrected chi connectivity index (χ3v) is 3.05. The summed E-state index contributed by atoms with van der Waals surface area (Å²) < 4.78 is 1.87. The first-order chi connectivity index (χ1) is 6.65. The Labute approximate surface area is 88.0 Å². The van der Waals surface area contributed by atoms with Crippen LogP contribution in [0.3, 0.4) is 0 Å². The van der Waals surface area contributed by atoms with Gasteiger partial charge in [0.15, 0.2) is 5.16 Å². The Kier molecular flexibility index (Phi) is 4.44. The summed E-state index contributed by atoms with van der Waals surface area (Å²) in [4.78, 5) is 4.17. The molecular weight excluding hydrogens is 200 g/mol. The molecule has 5 heteroatoms. The first-order valence-corrected chi connectivity index (χ1v) is 5.56. The average molecular weight is 216 g/mol. The molecule has 0 fully saturated rings. The lowest BCUT2D eigenvalue weighted by molar-refractivity contribution is 0.192. The Balaban J connectivity index is 2.46. The fourth-order valence-electron chi connectivity index (χ4n) is 1.03. The van der Waals surface area contributed by atoms with E-state index in [1.54, 1.807) is 24.9 Å². The maximum Gasteiger partial charge on any atom is 0.167 e. The molecule has 80 valence electrons. The number of aliphatic hydroxyl groups is 2. The molecule has 0 saturated carbocycles. The highest BCUT2D eigenvalue weighted by molar-refractivity contribution is 7.99. The van der Waals surface area contributed by atoms with Crippen molar-refractivity contribution in [3.63, 3.8) is 0 Å². The molecule has 4 nitrogen and oxygen atoms in total. The molecule has 1 rings (SSSR count). The molecule has 0 aliphatic carbocycles. The minimum absolute atomic E-state index is 0.0143. The van der Waals surface area contributed by atoms with Crippen molar-refractivity contribution in [3.05, 3.63) is 11.9 Å². The number of hydrogen-bond donors (Lipinski definition) is 2. The first kappa shape index (κ1) is 11.6. The largest absolute Gasteiger partial charge is 0.393 e. The highest BCUT2D eigenvalue weighted by atomic mass is 32.2. The monoisotopic (exact) mass is 216 g/mol. The zero-order valence-electron chi connectivity index (χ0n) is 8.47. The average Bonchev–Trinajstić information content (AvgIpc) is 2.47. The Morgan fingerprint density at radius 2 is 2.36 bits per heavy atom. The molecule has 0 amide bonds. The second-order valence-corrected chi connectivity index (χ2v) is 4.30. The van der Waals surface area contributed by atoms with Gasteiger partial charge in [0.05, 0.1) is 24.6 Å². The summed E-state index contributed by atoms with van der Waals surface area (Å²) in [6.45, 7) is 1.79. The molecule has 0 radical (unpaired) electrons. The van der Waals surface area contributed by atoms with E-state index in [2.05, 4.69) is 4.98 Å². The zero-order chi connectivity index (χ0) is 10.6. The number of nitrogens with zero attached hydrogens (tertiary/aromatic N) is 2. The second kappa shape index (κ2) is 5.38. The summed E-state index contributed by atoms with van der Waals surface area (Å²) in [5.41, 5.74) is 0.810. The predicted molar refractivity (Wildman–Crippen MR) is 56.2 cm³/mol. The summed E-state index contributed by atoms with van der Waals surface area (Å²) in [5.74, 6) is 0.841. The lowest BCUT2D eigenvalue weighted by atomic mass is 10.3. The molecule has 1 unspecified atom stereocenters. The van der Waals surface area contributed by atoms with Gasteiger partial charge in [-0.15, -0.1) is 0 Å². The molecule has 0 aliphatic rings. The van der Waals surface area contributed by atoms with E-state index in [1.807, 2.05) is 11.6 Å². The van der Waals surface area contributed by atoms with Crippen LogP contribution in [-0.2, 0) is 13.7 Å². The minimum atomic E-state index is -0.264. The molecule has 0 bridgehead atoms. The van der Waals surface area contributed by atoms with Crippen LogP contribution < -0.4 is 0 Å². The molecular formula is C9H16N2O2S. The van der Waals surface area contributed by atoms with E-state index in [4.69, 9.17) is 10.2 Å². The lowest BCUT2D eigenvalue weighted by Gasteiger charge is -2.04. The molecule has 0 spiro atoms. The van der Waals surface area contributed by atoms with E-state index in [9.17, 15) is 0 Å². The highest BCUT2D eigenvalue weighted by Crippen LogP contribution is 2.18. The van der Waals surface area contributed by atoms with Crippen LogP contribution in [0.5, 0.6) is 0 Å². The standard InChI is InChI=1S/C9H16N2O2S/c1-7(13)3-4-14-9-10-5-8(6-12)11(9)2/h5,7,12-13H,3-4,6H2,1-2H3. The van der Waals surface area contributed by atoms with Gasteiger partial charge in [0.1, 0.15) is 0 Å². The lowest BCUT2D eigenvalue weighted by Crippen LogP contribution is -2.02. The van der Waals surface area contributed by atoms with Gasteiger partial charge in [0, 0.05) is 12.8 Å². The van der Waals surface area contributed by atoms with E-state index in [0.29, 0.717) is 0 Å². The van der Waals surface area contributed by atoms with Gasteiger partial charge in [-0.25, -0.2) is 4.98 Å². The van der Waals surface area contributed by atoms with Gasteiger partial charge in [-0.3, -0.25) is 0 Å². The smallest absolute Gasteiger partial charge is 0.167 e. The quantitative estimate of drug-likeness (QED) is 0.714. The van der Waals surface area contributed by atoms with Gasteiger partial charge in [-0.1, -0.05) is 11.8 Å². The van der Waals surface area contributed by atoms with Crippen molar-refractivity contribution >= 4 is 11.8 Å². The summed E-state index contributed by atoms with van der Waals surface area (Å²) >= 11 is 1.59. The molecule has 0 aromatic carbocycles. The van der Waals surface area contributed by atoms with E-state index in [0.717, 1.165) is 23.0 Å². The zero-order valence-corrected chi connectivity index (χ0v) is 9.29. The van der Waals surface area contributed by atoms with Crippen LogP contribution in [0.1, 0.15) is 19.0 Å². The topological polar surface area (TPSA) is 58.3 Å². The van der Waals surface area contributed by atoms with E-state index in [-0.39, 0.29) is 12.7 Å². The summed E-state index contributed by atoms with van der Waals surface area (Å²) in [7, 11) is 1.88. The van der Waals surface area contributed by atoms with E-state index in [1.165, 1.54) is 0 Å². The molecule has 1 atom stereocenters. The Morgan fingerprint density at radius 1 is 1.64 bits per heavy atom. The van der Waals surface area contributed by atoms with Crippen LogP contribution in [-0.4, -0.2) is 31.6 Å². The second-order valence-electron chi connectivity index (χ2n) is 3.24. The van der Waals surface area contributed by atoms with Gasteiger partial charge in [-0.05, 0) is 13.3 Å². The number of aromatic nitrogens is 2. The Hall–Kier alpha value is -0.520. The van der Waals surface area contributed by atoms with E-state index >= 15 is 0 Å². The maximum absolute atomic E-state index is 9.07. The van der Waals surface area contributed by atoms with Crippen molar-refractivity contribution in [1.29, 1.82) is 0 Å². The Bertz CT molecular complexity index is 286. The molecule has 0 saturated heterocycles. The van der Waals surface area contributed by atoms with Crippen LogP contribution in [0.2, 0.25) is 0 Å². The van der Waals surface area contributed by atoms with Crippen molar-refractivity contribution < 1.29 is 10.2 Å². The van der Waals surface area contributed by atoms with Crippen LogP contribution in [0.4, 0.5) is 0 Å². The molecule has 0 aliphatic heterocycles.